The third kappa shape index (κ3) is 35.5. The largest absolute Gasteiger partial charge is 0.508 e. The van der Waals surface area contributed by atoms with Gasteiger partial charge in [0.2, 0.25) is 0 Å². The Bertz CT molecular complexity index is 1120. The van der Waals surface area contributed by atoms with Gasteiger partial charge >= 0.3 is 18.1 Å². The topological polar surface area (TPSA) is 115 Å². The van der Waals surface area contributed by atoms with Gasteiger partial charge in [0.25, 0.3) is 0 Å². The minimum Gasteiger partial charge on any atom is -0.480 e. The normalized spacial score (nSPS) is 12.0. The van der Waals surface area contributed by atoms with Crippen LogP contribution in [-0.2, 0) is 30.2 Å². The van der Waals surface area contributed by atoms with Gasteiger partial charge in [-0.3, -0.25) is 19.5 Å². The van der Waals surface area contributed by atoms with Crippen molar-refractivity contribution >= 4 is 18.1 Å². The molecule has 0 aliphatic heterocycles. The van der Waals surface area contributed by atoms with E-state index in [9.17, 15) is 19.5 Å². The lowest BCUT2D eigenvalue weighted by Crippen LogP contribution is -2.44. The van der Waals surface area contributed by atoms with Crippen molar-refractivity contribution in [3.05, 3.63) is 30.1 Å². The summed E-state index contributed by atoms with van der Waals surface area (Å²) in [6, 6.07) is 3.15. The number of carbonyl (C=O) groups excluding carboxylic acids is 2. The van der Waals surface area contributed by atoms with Gasteiger partial charge in [-0.2, -0.15) is 0 Å². The molecule has 1 N–H and O–H groups in total. The van der Waals surface area contributed by atoms with Gasteiger partial charge in [0.1, 0.15) is 12.1 Å². The van der Waals surface area contributed by atoms with Crippen LogP contribution in [0.2, 0.25) is 0 Å². The number of hydrogen-bond donors (Lipinski definition) is 1. The van der Waals surface area contributed by atoms with Gasteiger partial charge in [-0.15, -0.1) is 0 Å². The summed E-state index contributed by atoms with van der Waals surface area (Å²) in [5, 5.41) is 10.3. The Morgan fingerprint density at radius 1 is 0.574 bits per heavy atom. The van der Waals surface area contributed by atoms with Crippen LogP contribution in [-0.4, -0.2) is 71.5 Å². The quantitative estimate of drug-likeness (QED) is 0.0505. The fourth-order valence-electron chi connectivity index (χ4n) is 8.16. The molecule has 0 saturated heterocycles. The highest BCUT2D eigenvalue weighted by Crippen LogP contribution is 2.19. The van der Waals surface area contributed by atoms with Gasteiger partial charge in [0, 0.05) is 25.2 Å². The van der Waals surface area contributed by atoms with Crippen LogP contribution in [0.3, 0.4) is 0 Å². The van der Waals surface area contributed by atoms with Crippen LogP contribution in [0.25, 0.3) is 0 Å². The zero-order valence-electron chi connectivity index (χ0n) is 39.8. The van der Waals surface area contributed by atoms with Crippen molar-refractivity contribution in [2.75, 3.05) is 26.3 Å². The van der Waals surface area contributed by atoms with Crippen LogP contribution < -0.4 is 0 Å². The van der Waals surface area contributed by atoms with E-state index in [4.69, 9.17) is 14.2 Å². The van der Waals surface area contributed by atoms with Crippen LogP contribution in [0, 0.1) is 0 Å². The number of carbonyl (C=O) groups is 3. The van der Waals surface area contributed by atoms with Crippen molar-refractivity contribution in [1.82, 2.24) is 9.88 Å². The van der Waals surface area contributed by atoms with Gasteiger partial charge in [-0.25, -0.2) is 4.79 Å². The number of unbranched alkanes of at least 4 members (excludes halogenated alkanes) is 26. The van der Waals surface area contributed by atoms with Crippen LogP contribution in [0.5, 0.6) is 0 Å². The summed E-state index contributed by atoms with van der Waals surface area (Å²) >= 11 is 0. The summed E-state index contributed by atoms with van der Waals surface area (Å²) in [7, 11) is 0. The predicted molar refractivity (Wildman–Crippen MR) is 252 cm³/mol. The number of carboxylic acids is 1. The number of esters is 1. The van der Waals surface area contributed by atoms with Crippen LogP contribution in [0.1, 0.15) is 245 Å². The van der Waals surface area contributed by atoms with Crippen molar-refractivity contribution in [2.24, 2.45) is 0 Å². The Hall–Kier alpha value is -2.68. The molecule has 0 spiro atoms. The second kappa shape index (κ2) is 42.6. The van der Waals surface area contributed by atoms with Gasteiger partial charge in [-0.1, -0.05) is 181 Å². The predicted octanol–water partition coefficient (Wildman–Crippen LogP) is 14.8. The highest BCUT2D eigenvalue weighted by Gasteiger charge is 2.25. The Morgan fingerprint density at radius 2 is 1.02 bits per heavy atom. The molecule has 1 aromatic heterocycles. The van der Waals surface area contributed by atoms with Crippen molar-refractivity contribution in [3.8, 4) is 0 Å². The Labute approximate surface area is 374 Å². The minimum atomic E-state index is -0.819. The Morgan fingerprint density at radius 3 is 1.49 bits per heavy atom. The molecule has 0 saturated carbocycles. The molecule has 1 atom stereocenters. The lowest BCUT2D eigenvalue weighted by Gasteiger charge is -2.29. The first-order valence-electron chi connectivity index (χ1n) is 25.8. The fraction of sp³-hybridized carbons (Fsp3) is 0.846. The number of hydrogen-bond acceptors (Lipinski definition) is 8. The molecule has 0 aliphatic carbocycles. The molecule has 354 valence electrons. The standard InChI is InChI=1S/C52H94N2O7/c1-4-7-10-13-16-17-18-19-20-25-33-43-59-50(55)39-30-27-32-42-54(49(51(56)57)45-47-36-35-40-53-46-47)41-31-24-21-26-34-44-60-52(58)61-48(37-28-22-14-11-8-5-2)38-29-23-15-12-9-6-3/h35-36,40,46,48-49H,4-34,37-39,41-45H2,1-3H3,(H,56,57). The summed E-state index contributed by atoms with van der Waals surface area (Å²) in [6.07, 6.45) is 41.3. The molecule has 0 fully saturated rings. The van der Waals surface area contributed by atoms with Crippen molar-refractivity contribution in [3.63, 3.8) is 0 Å². The third-order valence-electron chi connectivity index (χ3n) is 12.0. The molecule has 61 heavy (non-hydrogen) atoms. The molecule has 1 aromatic rings. The molecule has 0 amide bonds. The molecule has 0 aliphatic rings. The summed E-state index contributed by atoms with van der Waals surface area (Å²) in [6.45, 7) is 8.97. The first-order valence-corrected chi connectivity index (χ1v) is 25.8. The maximum Gasteiger partial charge on any atom is 0.508 e. The molecule has 9 nitrogen and oxygen atoms in total. The number of nitrogens with zero attached hydrogens (tertiary/aromatic N) is 2. The van der Waals surface area contributed by atoms with E-state index in [-0.39, 0.29) is 12.1 Å². The second-order valence-electron chi connectivity index (χ2n) is 17.7. The lowest BCUT2D eigenvalue weighted by atomic mass is 10.0. The van der Waals surface area contributed by atoms with E-state index in [1.807, 2.05) is 12.1 Å². The monoisotopic (exact) mass is 859 g/mol. The summed E-state index contributed by atoms with van der Waals surface area (Å²) in [4.78, 5) is 43.8. The third-order valence-corrected chi connectivity index (χ3v) is 12.0. The van der Waals surface area contributed by atoms with E-state index in [1.54, 1.807) is 12.4 Å². The van der Waals surface area contributed by atoms with Crippen molar-refractivity contribution in [2.45, 2.75) is 258 Å². The number of pyridine rings is 1. The molecule has 0 radical (unpaired) electrons. The van der Waals surface area contributed by atoms with E-state index in [2.05, 4.69) is 30.7 Å². The van der Waals surface area contributed by atoms with E-state index in [1.165, 1.54) is 122 Å². The number of aliphatic carboxylic acids is 1. The first kappa shape index (κ1) is 56.3. The van der Waals surface area contributed by atoms with Crippen molar-refractivity contribution < 1.29 is 33.7 Å². The van der Waals surface area contributed by atoms with Crippen LogP contribution in [0.15, 0.2) is 24.5 Å². The van der Waals surface area contributed by atoms with Crippen LogP contribution in [0.4, 0.5) is 4.79 Å². The lowest BCUT2D eigenvalue weighted by molar-refractivity contribution is -0.144. The highest BCUT2D eigenvalue weighted by molar-refractivity contribution is 5.74. The van der Waals surface area contributed by atoms with E-state index in [0.717, 1.165) is 95.5 Å². The summed E-state index contributed by atoms with van der Waals surface area (Å²) in [5.74, 6) is -0.942. The molecule has 1 rings (SSSR count). The molecular weight excluding hydrogens is 765 g/mol. The maximum atomic E-state index is 12.6. The van der Waals surface area contributed by atoms with E-state index < -0.39 is 18.2 Å². The first-order chi connectivity index (χ1) is 29.9. The molecular formula is C52H94N2O7. The smallest absolute Gasteiger partial charge is 0.480 e. The molecule has 9 heteroatoms. The minimum absolute atomic E-state index is 0.0500. The highest BCUT2D eigenvalue weighted by atomic mass is 16.7. The molecule has 1 unspecified atom stereocenters. The average Bonchev–Trinajstić information content (AvgIpc) is 3.25. The number of rotatable bonds is 45. The van der Waals surface area contributed by atoms with E-state index >= 15 is 0 Å². The summed E-state index contributed by atoms with van der Waals surface area (Å²) < 4.78 is 16.8. The zero-order valence-corrected chi connectivity index (χ0v) is 39.8. The van der Waals surface area contributed by atoms with Gasteiger partial charge in [-0.05, 0) is 82.5 Å². The molecule has 0 bridgehead atoms. The summed E-state index contributed by atoms with van der Waals surface area (Å²) in [5.41, 5.74) is 0.912. The van der Waals surface area contributed by atoms with Crippen molar-refractivity contribution in [1.29, 1.82) is 0 Å². The van der Waals surface area contributed by atoms with Gasteiger partial charge in [0.05, 0.1) is 13.2 Å². The Balaban J connectivity index is 2.39. The molecule has 1 heterocycles. The van der Waals surface area contributed by atoms with E-state index in [0.29, 0.717) is 39.1 Å². The molecule has 0 aromatic carbocycles. The van der Waals surface area contributed by atoms with Gasteiger partial charge < -0.3 is 19.3 Å². The fourth-order valence-corrected chi connectivity index (χ4v) is 8.16. The Kier molecular flexibility index (Phi) is 39.4. The zero-order chi connectivity index (χ0) is 44.3. The van der Waals surface area contributed by atoms with Gasteiger partial charge in [0.15, 0.2) is 0 Å². The number of carboxylic acid groups (broad SMARTS) is 1. The van der Waals surface area contributed by atoms with Crippen LogP contribution >= 0.6 is 0 Å². The average molecular weight is 859 g/mol. The number of aromatic nitrogens is 1. The SMILES string of the molecule is CCCCCCCCCCCCCOC(=O)CCCCCN(CCCCCCCOC(=O)OC(CCCCCCCC)CCCCCCCC)C(Cc1cccnc1)C(=O)O. The maximum absolute atomic E-state index is 12.6. The number of ether oxygens (including phenoxy) is 3. The second-order valence-corrected chi connectivity index (χ2v) is 17.7.